The van der Waals surface area contributed by atoms with E-state index in [0.717, 1.165) is 12.8 Å². The molecule has 0 spiro atoms. The van der Waals surface area contributed by atoms with Crippen molar-refractivity contribution in [1.82, 2.24) is 0 Å². The Morgan fingerprint density at radius 1 is 1.24 bits per heavy atom. The van der Waals surface area contributed by atoms with Crippen molar-refractivity contribution in [3.8, 4) is 0 Å². The second kappa shape index (κ2) is 8.83. The molecule has 3 unspecified atom stereocenters. The van der Waals surface area contributed by atoms with Gasteiger partial charge in [0.2, 0.25) is 0 Å². The maximum atomic E-state index is 9.99. The molecule has 0 aliphatic carbocycles. The quantitative estimate of drug-likeness (QED) is 0.486. The first-order valence-corrected chi connectivity index (χ1v) is 6.23. The molecular weight excluding hydrogens is 224 g/mol. The Morgan fingerprint density at radius 3 is 2.29 bits per heavy atom. The zero-order valence-corrected chi connectivity index (χ0v) is 11.1. The second-order valence-electron chi connectivity index (χ2n) is 4.17. The number of rotatable bonds is 10. The summed E-state index contributed by atoms with van der Waals surface area (Å²) in [5.74, 6) is 0. The fourth-order valence-electron chi connectivity index (χ4n) is 1.63. The highest BCUT2D eigenvalue weighted by Crippen LogP contribution is 2.21. The van der Waals surface area contributed by atoms with Gasteiger partial charge in [0.25, 0.3) is 0 Å². The molecule has 104 valence electrons. The average molecular weight is 250 g/mol. The standard InChI is InChI=1S/C12H26O5/c1-4-6-7-16-8-11(15)12(9-13,10(3)14)17-5-2/h10-11,13-15H,4-9H2,1-3H3. The molecule has 0 aliphatic rings. The van der Waals surface area contributed by atoms with Crippen LogP contribution in [0.25, 0.3) is 0 Å². The van der Waals surface area contributed by atoms with Crippen LogP contribution in [-0.4, -0.2) is 59.6 Å². The predicted molar refractivity (Wildman–Crippen MR) is 64.9 cm³/mol. The van der Waals surface area contributed by atoms with Crippen molar-refractivity contribution in [1.29, 1.82) is 0 Å². The summed E-state index contributed by atoms with van der Waals surface area (Å²) in [4.78, 5) is 0. The zero-order chi connectivity index (χ0) is 13.3. The lowest BCUT2D eigenvalue weighted by Crippen LogP contribution is -2.57. The van der Waals surface area contributed by atoms with Crippen LogP contribution in [0.1, 0.15) is 33.6 Å². The van der Waals surface area contributed by atoms with E-state index < -0.39 is 24.4 Å². The molecule has 3 N–H and O–H groups in total. The first-order valence-electron chi connectivity index (χ1n) is 6.23. The summed E-state index contributed by atoms with van der Waals surface area (Å²) in [7, 11) is 0. The van der Waals surface area contributed by atoms with Crippen molar-refractivity contribution in [3.63, 3.8) is 0 Å². The smallest absolute Gasteiger partial charge is 0.144 e. The highest BCUT2D eigenvalue weighted by molar-refractivity contribution is 4.93. The van der Waals surface area contributed by atoms with Gasteiger partial charge in [0.15, 0.2) is 0 Å². The molecule has 3 atom stereocenters. The fourth-order valence-corrected chi connectivity index (χ4v) is 1.63. The van der Waals surface area contributed by atoms with Gasteiger partial charge in [-0.2, -0.15) is 0 Å². The number of ether oxygens (including phenoxy) is 2. The maximum absolute atomic E-state index is 9.99. The van der Waals surface area contributed by atoms with E-state index in [2.05, 4.69) is 0 Å². The van der Waals surface area contributed by atoms with Gasteiger partial charge in [-0.05, 0) is 20.3 Å². The van der Waals surface area contributed by atoms with Crippen LogP contribution >= 0.6 is 0 Å². The molecule has 0 saturated heterocycles. The van der Waals surface area contributed by atoms with Gasteiger partial charge in [0, 0.05) is 13.2 Å². The Balaban J connectivity index is 4.36. The highest BCUT2D eigenvalue weighted by Gasteiger charge is 2.43. The van der Waals surface area contributed by atoms with Crippen LogP contribution < -0.4 is 0 Å². The monoisotopic (exact) mass is 250 g/mol. The van der Waals surface area contributed by atoms with E-state index in [9.17, 15) is 15.3 Å². The molecule has 0 aromatic carbocycles. The van der Waals surface area contributed by atoms with E-state index in [1.165, 1.54) is 6.92 Å². The molecule has 0 aliphatic heterocycles. The minimum absolute atomic E-state index is 0.0471. The van der Waals surface area contributed by atoms with Crippen molar-refractivity contribution >= 4 is 0 Å². The molecule has 0 aromatic rings. The van der Waals surface area contributed by atoms with Crippen molar-refractivity contribution in [2.24, 2.45) is 0 Å². The van der Waals surface area contributed by atoms with Gasteiger partial charge in [-0.25, -0.2) is 0 Å². The van der Waals surface area contributed by atoms with Crippen molar-refractivity contribution in [2.45, 2.75) is 51.4 Å². The third-order valence-corrected chi connectivity index (χ3v) is 2.85. The molecule has 0 amide bonds. The Bertz CT molecular complexity index is 186. The molecule has 5 heteroatoms. The molecule has 17 heavy (non-hydrogen) atoms. The molecule has 0 fully saturated rings. The third kappa shape index (κ3) is 4.89. The largest absolute Gasteiger partial charge is 0.393 e. The van der Waals surface area contributed by atoms with Crippen LogP contribution in [0, 0.1) is 0 Å². The summed E-state index contributed by atoms with van der Waals surface area (Å²) in [6, 6.07) is 0. The lowest BCUT2D eigenvalue weighted by molar-refractivity contribution is -0.205. The van der Waals surface area contributed by atoms with E-state index in [0.29, 0.717) is 13.2 Å². The number of aliphatic hydroxyl groups is 3. The summed E-state index contributed by atoms with van der Waals surface area (Å²) in [5.41, 5.74) is -1.36. The second-order valence-corrected chi connectivity index (χ2v) is 4.17. The van der Waals surface area contributed by atoms with E-state index >= 15 is 0 Å². The average Bonchev–Trinajstić information content (AvgIpc) is 2.31. The van der Waals surface area contributed by atoms with Gasteiger partial charge < -0.3 is 24.8 Å². The van der Waals surface area contributed by atoms with Crippen molar-refractivity contribution in [2.75, 3.05) is 26.4 Å². The minimum Gasteiger partial charge on any atom is -0.393 e. The van der Waals surface area contributed by atoms with Gasteiger partial charge in [0.05, 0.1) is 19.3 Å². The Kier molecular flexibility index (Phi) is 8.72. The maximum Gasteiger partial charge on any atom is 0.144 e. The van der Waals surface area contributed by atoms with Crippen molar-refractivity contribution in [3.05, 3.63) is 0 Å². The molecule has 0 heterocycles. The normalized spacial score (nSPS) is 18.7. The molecular formula is C12H26O5. The van der Waals surface area contributed by atoms with Gasteiger partial charge in [0.1, 0.15) is 11.7 Å². The fraction of sp³-hybridized carbons (Fsp3) is 1.00. The van der Waals surface area contributed by atoms with Crippen LogP contribution in [0.3, 0.4) is 0 Å². The predicted octanol–water partition coefficient (Wildman–Crippen LogP) is 0.312. The summed E-state index contributed by atoms with van der Waals surface area (Å²) in [6.45, 7) is 5.74. The first-order chi connectivity index (χ1) is 8.05. The van der Waals surface area contributed by atoms with Crippen LogP contribution in [0.15, 0.2) is 0 Å². The minimum atomic E-state index is -1.36. The number of aliphatic hydroxyl groups excluding tert-OH is 3. The lowest BCUT2D eigenvalue weighted by Gasteiger charge is -2.38. The molecule has 0 saturated carbocycles. The van der Waals surface area contributed by atoms with Gasteiger partial charge in [-0.1, -0.05) is 13.3 Å². The Labute approximate surface area is 103 Å². The van der Waals surface area contributed by atoms with Gasteiger partial charge in [-0.3, -0.25) is 0 Å². The SMILES string of the molecule is CCCCOCC(O)C(CO)(OCC)C(C)O. The summed E-state index contributed by atoms with van der Waals surface area (Å²) in [5, 5.41) is 29.0. The van der Waals surface area contributed by atoms with Crippen LogP contribution in [0.2, 0.25) is 0 Å². The Morgan fingerprint density at radius 2 is 1.88 bits per heavy atom. The van der Waals surface area contributed by atoms with E-state index in [1.807, 2.05) is 6.92 Å². The number of hydrogen-bond donors (Lipinski definition) is 3. The van der Waals surface area contributed by atoms with Gasteiger partial charge >= 0.3 is 0 Å². The van der Waals surface area contributed by atoms with Crippen LogP contribution in [-0.2, 0) is 9.47 Å². The Hall–Kier alpha value is -0.200. The zero-order valence-electron chi connectivity index (χ0n) is 11.1. The van der Waals surface area contributed by atoms with Crippen LogP contribution in [0.4, 0.5) is 0 Å². The van der Waals surface area contributed by atoms with Crippen molar-refractivity contribution < 1.29 is 24.8 Å². The molecule has 0 radical (unpaired) electrons. The van der Waals surface area contributed by atoms with E-state index in [-0.39, 0.29) is 6.61 Å². The highest BCUT2D eigenvalue weighted by atomic mass is 16.5. The molecule has 0 aromatic heterocycles. The summed E-state index contributed by atoms with van der Waals surface area (Å²) in [6.07, 6.45) is -0.0906. The van der Waals surface area contributed by atoms with E-state index in [1.54, 1.807) is 6.92 Å². The molecule has 5 nitrogen and oxygen atoms in total. The lowest BCUT2D eigenvalue weighted by atomic mass is 9.92. The summed E-state index contributed by atoms with van der Waals surface area (Å²) >= 11 is 0. The molecule has 0 rings (SSSR count). The summed E-state index contributed by atoms with van der Waals surface area (Å²) < 4.78 is 10.6. The number of unbranched alkanes of at least 4 members (excludes halogenated alkanes) is 1. The van der Waals surface area contributed by atoms with Gasteiger partial charge in [-0.15, -0.1) is 0 Å². The van der Waals surface area contributed by atoms with Crippen LogP contribution in [0.5, 0.6) is 0 Å². The first kappa shape index (κ1) is 16.8. The van der Waals surface area contributed by atoms with E-state index in [4.69, 9.17) is 9.47 Å². The molecule has 0 bridgehead atoms. The topological polar surface area (TPSA) is 79.2 Å². The third-order valence-electron chi connectivity index (χ3n) is 2.85. The number of hydrogen-bond acceptors (Lipinski definition) is 5.